The molecule has 0 aliphatic heterocycles. The van der Waals surface area contributed by atoms with Crippen LogP contribution in [-0.2, 0) is 4.79 Å². The van der Waals surface area contributed by atoms with Gasteiger partial charge in [-0.15, -0.1) is 0 Å². The number of anilines is 2. The van der Waals surface area contributed by atoms with Crippen molar-refractivity contribution in [2.75, 3.05) is 10.6 Å². The highest BCUT2D eigenvalue weighted by Gasteiger charge is 2.12. The third kappa shape index (κ3) is 4.06. The fourth-order valence-electron chi connectivity index (χ4n) is 2.93. The minimum absolute atomic E-state index is 0.00687. The second-order valence-corrected chi connectivity index (χ2v) is 6.33. The molecule has 0 fully saturated rings. The monoisotopic (exact) mass is 365 g/mol. The molecule has 0 radical (unpaired) electrons. The first-order chi connectivity index (χ1) is 12.8. The van der Waals surface area contributed by atoms with Gasteiger partial charge in [0.05, 0.1) is 5.69 Å². The molecule has 2 N–H and O–H groups in total. The van der Waals surface area contributed by atoms with Crippen molar-refractivity contribution in [3.8, 4) is 5.69 Å². The van der Waals surface area contributed by atoms with Crippen LogP contribution in [0.25, 0.3) is 5.69 Å². The van der Waals surface area contributed by atoms with Crippen LogP contribution in [0.2, 0.25) is 0 Å². The fourth-order valence-corrected chi connectivity index (χ4v) is 2.93. The highest BCUT2D eigenvalue weighted by Crippen LogP contribution is 2.21. The normalized spacial score (nSPS) is 10.5. The van der Waals surface area contributed by atoms with Crippen LogP contribution in [-0.4, -0.2) is 16.4 Å². The molecule has 3 aromatic rings. The number of carbonyl (C=O) groups is 2. The van der Waals surface area contributed by atoms with E-state index in [0.717, 1.165) is 17.1 Å². The second kappa shape index (κ2) is 7.45. The standard InChI is InChI=1S/C21H20FN3O2/c1-13-4-5-14(2)25(13)18-9-6-16(7-10-18)21(27)24-20-12-17(23-15(3)26)8-11-19(20)22/h4-12H,1-3H3,(H,23,26)(H,24,27). The number of halogens is 1. The Morgan fingerprint density at radius 2 is 1.52 bits per heavy atom. The predicted molar refractivity (Wildman–Crippen MR) is 104 cm³/mol. The topological polar surface area (TPSA) is 63.1 Å². The largest absolute Gasteiger partial charge is 0.326 e. The van der Waals surface area contributed by atoms with E-state index in [4.69, 9.17) is 0 Å². The number of benzene rings is 2. The summed E-state index contributed by atoms with van der Waals surface area (Å²) in [6.07, 6.45) is 0. The third-order valence-electron chi connectivity index (χ3n) is 4.19. The van der Waals surface area contributed by atoms with Crippen LogP contribution in [0.5, 0.6) is 0 Å². The number of hydrogen-bond donors (Lipinski definition) is 2. The van der Waals surface area contributed by atoms with Gasteiger partial charge in [-0.3, -0.25) is 9.59 Å². The summed E-state index contributed by atoms with van der Waals surface area (Å²) < 4.78 is 16.1. The number of hydrogen-bond acceptors (Lipinski definition) is 2. The highest BCUT2D eigenvalue weighted by molar-refractivity contribution is 6.04. The highest BCUT2D eigenvalue weighted by atomic mass is 19.1. The van der Waals surface area contributed by atoms with Crippen molar-refractivity contribution in [2.45, 2.75) is 20.8 Å². The van der Waals surface area contributed by atoms with Crippen molar-refractivity contribution < 1.29 is 14.0 Å². The minimum Gasteiger partial charge on any atom is -0.326 e. The van der Waals surface area contributed by atoms with E-state index in [-0.39, 0.29) is 11.6 Å². The van der Waals surface area contributed by atoms with Crippen LogP contribution in [0.15, 0.2) is 54.6 Å². The maximum Gasteiger partial charge on any atom is 0.255 e. The van der Waals surface area contributed by atoms with E-state index in [0.29, 0.717) is 11.3 Å². The van der Waals surface area contributed by atoms with Gasteiger partial charge in [-0.1, -0.05) is 0 Å². The number of nitrogens with zero attached hydrogens (tertiary/aromatic N) is 1. The molecule has 6 heteroatoms. The van der Waals surface area contributed by atoms with Crippen LogP contribution in [0.1, 0.15) is 28.7 Å². The van der Waals surface area contributed by atoms with E-state index in [1.807, 2.05) is 38.1 Å². The minimum atomic E-state index is -0.576. The quantitative estimate of drug-likeness (QED) is 0.718. The molecule has 0 saturated heterocycles. The van der Waals surface area contributed by atoms with Crippen molar-refractivity contribution >= 4 is 23.2 Å². The van der Waals surface area contributed by atoms with E-state index < -0.39 is 11.7 Å². The summed E-state index contributed by atoms with van der Waals surface area (Å²) >= 11 is 0. The van der Waals surface area contributed by atoms with E-state index >= 15 is 0 Å². The molecule has 0 aliphatic rings. The first-order valence-corrected chi connectivity index (χ1v) is 8.49. The average Bonchev–Trinajstić information content (AvgIpc) is 2.96. The molecule has 3 rings (SSSR count). The number of nitrogens with one attached hydrogen (secondary N) is 2. The molecule has 1 aromatic heterocycles. The zero-order valence-corrected chi connectivity index (χ0v) is 15.3. The van der Waals surface area contributed by atoms with Gasteiger partial charge >= 0.3 is 0 Å². The molecule has 2 aromatic carbocycles. The van der Waals surface area contributed by atoms with Gasteiger partial charge in [0.2, 0.25) is 5.91 Å². The molecule has 1 heterocycles. The zero-order valence-electron chi connectivity index (χ0n) is 15.3. The lowest BCUT2D eigenvalue weighted by molar-refractivity contribution is -0.114. The van der Waals surface area contributed by atoms with Gasteiger partial charge in [0.1, 0.15) is 5.82 Å². The Kier molecular flexibility index (Phi) is 5.07. The molecule has 0 saturated carbocycles. The van der Waals surface area contributed by atoms with Crippen LogP contribution in [0, 0.1) is 19.7 Å². The third-order valence-corrected chi connectivity index (χ3v) is 4.19. The summed E-state index contributed by atoms with van der Waals surface area (Å²) in [7, 11) is 0. The van der Waals surface area contributed by atoms with Gasteiger partial charge in [-0.05, 0) is 68.4 Å². The fraction of sp³-hybridized carbons (Fsp3) is 0.143. The van der Waals surface area contributed by atoms with Gasteiger partial charge in [-0.25, -0.2) is 4.39 Å². The SMILES string of the molecule is CC(=O)Nc1ccc(F)c(NC(=O)c2ccc(-n3c(C)ccc3C)cc2)c1. The predicted octanol–water partition coefficient (Wildman–Crippen LogP) is 4.44. The van der Waals surface area contributed by atoms with Gasteiger partial charge in [0.25, 0.3) is 5.91 Å². The van der Waals surface area contributed by atoms with E-state index in [9.17, 15) is 14.0 Å². The van der Waals surface area contributed by atoms with Gasteiger partial charge in [-0.2, -0.15) is 0 Å². The summed E-state index contributed by atoms with van der Waals surface area (Å²) in [4.78, 5) is 23.6. The Morgan fingerprint density at radius 3 is 2.11 bits per heavy atom. The maximum absolute atomic E-state index is 14.0. The Morgan fingerprint density at radius 1 is 0.889 bits per heavy atom. The van der Waals surface area contributed by atoms with Crippen molar-refractivity contribution in [1.82, 2.24) is 4.57 Å². The van der Waals surface area contributed by atoms with Gasteiger partial charge in [0, 0.05) is 35.2 Å². The Labute approximate surface area is 156 Å². The molecule has 27 heavy (non-hydrogen) atoms. The van der Waals surface area contributed by atoms with Gasteiger partial charge in [0.15, 0.2) is 0 Å². The summed E-state index contributed by atoms with van der Waals surface area (Å²) in [5, 5.41) is 5.10. The first-order valence-electron chi connectivity index (χ1n) is 8.49. The zero-order chi connectivity index (χ0) is 19.6. The molecular weight excluding hydrogens is 345 g/mol. The first kappa shape index (κ1) is 18.4. The van der Waals surface area contributed by atoms with Crippen LogP contribution in [0.3, 0.4) is 0 Å². The Hall–Kier alpha value is -3.41. The molecule has 138 valence electrons. The molecule has 5 nitrogen and oxygen atoms in total. The maximum atomic E-state index is 14.0. The van der Waals surface area contributed by atoms with Crippen LogP contribution < -0.4 is 10.6 Å². The lowest BCUT2D eigenvalue weighted by Crippen LogP contribution is -2.14. The Balaban J connectivity index is 1.80. The van der Waals surface area contributed by atoms with Crippen LogP contribution >= 0.6 is 0 Å². The summed E-state index contributed by atoms with van der Waals surface area (Å²) in [6, 6.07) is 15.2. The van der Waals surface area contributed by atoms with E-state index in [1.54, 1.807) is 12.1 Å². The second-order valence-electron chi connectivity index (χ2n) is 6.33. The Bertz CT molecular complexity index is 987. The van der Waals surface area contributed by atoms with Crippen LogP contribution in [0.4, 0.5) is 15.8 Å². The molecule has 0 spiro atoms. The van der Waals surface area contributed by atoms with E-state index in [1.165, 1.54) is 25.1 Å². The smallest absolute Gasteiger partial charge is 0.255 e. The number of carbonyl (C=O) groups excluding carboxylic acids is 2. The number of amides is 2. The van der Waals surface area contributed by atoms with Gasteiger partial charge < -0.3 is 15.2 Å². The van der Waals surface area contributed by atoms with Crippen molar-refractivity contribution in [3.63, 3.8) is 0 Å². The molecule has 0 unspecified atom stereocenters. The van der Waals surface area contributed by atoms with Crippen molar-refractivity contribution in [1.29, 1.82) is 0 Å². The molecule has 0 atom stereocenters. The number of rotatable bonds is 4. The molecular formula is C21H20FN3O2. The lowest BCUT2D eigenvalue weighted by Gasteiger charge is -2.11. The van der Waals surface area contributed by atoms with E-state index in [2.05, 4.69) is 15.2 Å². The molecule has 0 bridgehead atoms. The lowest BCUT2D eigenvalue weighted by atomic mass is 10.1. The number of aryl methyl sites for hydroxylation is 2. The molecule has 2 amide bonds. The average molecular weight is 365 g/mol. The number of aromatic nitrogens is 1. The summed E-state index contributed by atoms with van der Waals surface area (Å²) in [5.74, 6) is -1.28. The van der Waals surface area contributed by atoms with Crippen molar-refractivity contribution in [2.24, 2.45) is 0 Å². The molecule has 0 aliphatic carbocycles. The summed E-state index contributed by atoms with van der Waals surface area (Å²) in [6.45, 7) is 5.38. The van der Waals surface area contributed by atoms with Crippen molar-refractivity contribution in [3.05, 3.63) is 77.4 Å². The summed E-state index contributed by atoms with van der Waals surface area (Å²) in [5.41, 5.74) is 3.97.